The van der Waals surface area contributed by atoms with Gasteiger partial charge in [0, 0.05) is 51.4 Å². The molecule has 2 aromatic carbocycles. The lowest BCUT2D eigenvalue weighted by Gasteiger charge is -2.26. The average Bonchev–Trinajstić information content (AvgIpc) is 3.55. The lowest BCUT2D eigenvalue weighted by molar-refractivity contribution is -0.138. The normalized spacial score (nSPS) is 17.1. The second kappa shape index (κ2) is 8.70. The number of aromatic amines is 2. The van der Waals surface area contributed by atoms with Crippen LogP contribution < -0.4 is 10.7 Å². The number of amides is 2. The molecule has 0 bridgehead atoms. The van der Waals surface area contributed by atoms with E-state index < -0.39 is 11.8 Å². The molecular formula is C27H25N5O2S. The molecule has 0 spiro atoms. The number of benzene rings is 2. The van der Waals surface area contributed by atoms with Gasteiger partial charge in [0.1, 0.15) is 0 Å². The first-order chi connectivity index (χ1) is 17.1. The van der Waals surface area contributed by atoms with Crippen molar-refractivity contribution in [1.82, 2.24) is 25.7 Å². The van der Waals surface area contributed by atoms with Gasteiger partial charge in [-0.3, -0.25) is 15.0 Å². The summed E-state index contributed by atoms with van der Waals surface area (Å²) in [7, 11) is 0. The molecule has 1 saturated carbocycles. The number of thiocarbonyl (C=S) groups is 1. The Labute approximate surface area is 207 Å². The van der Waals surface area contributed by atoms with Crippen LogP contribution in [-0.4, -0.2) is 37.9 Å². The van der Waals surface area contributed by atoms with E-state index in [-0.39, 0.29) is 11.2 Å². The van der Waals surface area contributed by atoms with Gasteiger partial charge in [-0.05, 0) is 37.2 Å². The van der Waals surface area contributed by atoms with Crippen molar-refractivity contribution in [1.29, 1.82) is 0 Å². The number of aromatic nitrogens is 2. The molecule has 0 atom stereocenters. The number of hydrogen-bond donors (Lipinski definition) is 4. The highest BCUT2D eigenvalue weighted by Gasteiger charge is 2.42. The fourth-order valence-electron chi connectivity index (χ4n) is 5.25. The van der Waals surface area contributed by atoms with E-state index in [2.05, 4.69) is 20.7 Å². The fourth-order valence-corrected chi connectivity index (χ4v) is 5.51. The second-order valence-electron chi connectivity index (χ2n) is 9.11. The van der Waals surface area contributed by atoms with Crippen LogP contribution in [0.3, 0.4) is 0 Å². The minimum atomic E-state index is -0.423. The number of carbonyl (C=O) groups excluding carboxylic acids is 2. The van der Waals surface area contributed by atoms with Crippen molar-refractivity contribution in [2.24, 2.45) is 0 Å². The Balaban J connectivity index is 1.42. The zero-order valence-corrected chi connectivity index (χ0v) is 19.9. The van der Waals surface area contributed by atoms with Gasteiger partial charge in [0.25, 0.3) is 11.8 Å². The molecule has 3 heterocycles. The van der Waals surface area contributed by atoms with Gasteiger partial charge >= 0.3 is 0 Å². The van der Waals surface area contributed by atoms with Gasteiger partial charge in [0.2, 0.25) is 0 Å². The molecule has 176 valence electrons. The molecule has 0 radical (unpaired) electrons. The number of hydrogen-bond acceptors (Lipinski definition) is 3. The SMILES string of the molecule is O=C1C(c2c[nH]c3ccccc23)=C(c2c[nH]c3ccccc23)C(=O)N1NC(=S)NC1CCCCC1. The molecule has 1 fully saturated rings. The van der Waals surface area contributed by atoms with Crippen LogP contribution in [0, 0.1) is 0 Å². The van der Waals surface area contributed by atoms with Crippen molar-refractivity contribution in [3.63, 3.8) is 0 Å². The molecule has 7 nitrogen and oxygen atoms in total. The first-order valence-electron chi connectivity index (χ1n) is 11.9. The van der Waals surface area contributed by atoms with E-state index in [4.69, 9.17) is 12.2 Å². The summed E-state index contributed by atoms with van der Waals surface area (Å²) in [5.74, 6) is -0.847. The summed E-state index contributed by atoms with van der Waals surface area (Å²) in [6, 6.07) is 15.8. The number of nitrogens with zero attached hydrogens (tertiary/aromatic N) is 1. The number of carbonyl (C=O) groups is 2. The maximum absolute atomic E-state index is 13.8. The molecule has 2 amide bonds. The molecule has 4 aromatic rings. The lowest BCUT2D eigenvalue weighted by atomic mass is 9.95. The minimum Gasteiger partial charge on any atom is -0.361 e. The first-order valence-corrected chi connectivity index (χ1v) is 12.4. The van der Waals surface area contributed by atoms with Crippen molar-refractivity contribution >= 4 is 62.1 Å². The summed E-state index contributed by atoms with van der Waals surface area (Å²) < 4.78 is 0. The van der Waals surface area contributed by atoms with Crippen LogP contribution >= 0.6 is 12.2 Å². The summed E-state index contributed by atoms with van der Waals surface area (Å²) in [6.45, 7) is 0. The monoisotopic (exact) mass is 483 g/mol. The smallest absolute Gasteiger partial charge is 0.281 e. The van der Waals surface area contributed by atoms with Gasteiger partial charge < -0.3 is 15.3 Å². The third-order valence-corrected chi connectivity index (χ3v) is 7.16. The van der Waals surface area contributed by atoms with Crippen LogP contribution in [0.2, 0.25) is 0 Å². The quantitative estimate of drug-likeness (QED) is 0.251. The predicted octanol–water partition coefficient (Wildman–Crippen LogP) is 4.64. The van der Waals surface area contributed by atoms with E-state index in [0.717, 1.165) is 52.5 Å². The van der Waals surface area contributed by atoms with E-state index in [1.54, 1.807) is 12.4 Å². The van der Waals surface area contributed by atoms with Crippen LogP contribution in [0.15, 0.2) is 60.9 Å². The molecular weight excluding hydrogens is 458 g/mol. The summed E-state index contributed by atoms with van der Waals surface area (Å²) in [5, 5.41) is 6.39. The highest BCUT2D eigenvalue weighted by Crippen LogP contribution is 2.40. The standard InChI is InChI=1S/C27H25N5O2S/c33-25-23(19-14-28-21-12-6-4-10-17(19)21)24(20-15-29-22-13-7-5-11-18(20)22)26(34)32(25)31-27(35)30-16-8-2-1-3-9-16/h4-7,10-16,28-29H,1-3,8-9H2,(H2,30,31,35). The molecule has 0 unspecified atom stereocenters. The van der Waals surface area contributed by atoms with E-state index >= 15 is 0 Å². The van der Waals surface area contributed by atoms with Crippen molar-refractivity contribution < 1.29 is 9.59 Å². The van der Waals surface area contributed by atoms with Gasteiger partial charge in [-0.15, -0.1) is 0 Å². The van der Waals surface area contributed by atoms with E-state index in [9.17, 15) is 9.59 Å². The highest BCUT2D eigenvalue weighted by atomic mass is 32.1. The maximum atomic E-state index is 13.8. The van der Waals surface area contributed by atoms with Crippen LogP contribution in [0.4, 0.5) is 0 Å². The fraction of sp³-hybridized carbons (Fsp3) is 0.222. The zero-order chi connectivity index (χ0) is 23.9. The number of H-pyrrole nitrogens is 2. The summed E-state index contributed by atoms with van der Waals surface area (Å²) in [4.78, 5) is 34.1. The second-order valence-corrected chi connectivity index (χ2v) is 9.52. The maximum Gasteiger partial charge on any atom is 0.281 e. The molecule has 6 rings (SSSR count). The molecule has 4 N–H and O–H groups in total. The highest BCUT2D eigenvalue weighted by molar-refractivity contribution is 7.80. The Hall–Kier alpha value is -3.91. The molecule has 2 aliphatic rings. The van der Waals surface area contributed by atoms with Crippen molar-refractivity contribution in [3.05, 3.63) is 72.1 Å². The Kier molecular flexibility index (Phi) is 5.37. The third kappa shape index (κ3) is 3.70. The molecule has 1 aliphatic carbocycles. The number of para-hydroxylation sites is 2. The van der Waals surface area contributed by atoms with Crippen LogP contribution in [-0.2, 0) is 9.59 Å². The third-order valence-electron chi connectivity index (χ3n) is 6.95. The number of fused-ring (bicyclic) bond motifs is 2. The van der Waals surface area contributed by atoms with Crippen molar-refractivity contribution in [2.45, 2.75) is 38.1 Å². The van der Waals surface area contributed by atoms with Crippen LogP contribution in [0.5, 0.6) is 0 Å². The Morgan fingerprint density at radius 3 is 1.86 bits per heavy atom. The van der Waals surface area contributed by atoms with Gasteiger partial charge in [0.15, 0.2) is 5.11 Å². The number of rotatable bonds is 4. The number of hydrazine groups is 1. The summed E-state index contributed by atoms with van der Waals surface area (Å²) in [6.07, 6.45) is 9.18. The molecule has 1 aliphatic heterocycles. The van der Waals surface area contributed by atoms with Gasteiger partial charge in [-0.2, -0.15) is 5.01 Å². The largest absolute Gasteiger partial charge is 0.361 e. The Bertz CT molecular complexity index is 1410. The minimum absolute atomic E-state index is 0.255. The first kappa shape index (κ1) is 21.6. The zero-order valence-electron chi connectivity index (χ0n) is 19.1. The number of imide groups is 1. The Morgan fingerprint density at radius 2 is 1.31 bits per heavy atom. The molecule has 35 heavy (non-hydrogen) atoms. The van der Waals surface area contributed by atoms with E-state index in [1.807, 2.05) is 48.5 Å². The van der Waals surface area contributed by atoms with Crippen molar-refractivity contribution in [3.8, 4) is 0 Å². The van der Waals surface area contributed by atoms with Gasteiger partial charge in [-0.1, -0.05) is 55.7 Å². The lowest BCUT2D eigenvalue weighted by Crippen LogP contribution is -2.52. The van der Waals surface area contributed by atoms with Gasteiger partial charge in [-0.25, -0.2) is 0 Å². The topological polar surface area (TPSA) is 93.0 Å². The summed E-state index contributed by atoms with van der Waals surface area (Å²) >= 11 is 5.51. The average molecular weight is 484 g/mol. The van der Waals surface area contributed by atoms with Crippen LogP contribution in [0.25, 0.3) is 33.0 Å². The van der Waals surface area contributed by atoms with Gasteiger partial charge in [0.05, 0.1) is 11.1 Å². The van der Waals surface area contributed by atoms with Crippen molar-refractivity contribution in [2.75, 3.05) is 0 Å². The van der Waals surface area contributed by atoms with E-state index in [1.165, 1.54) is 6.42 Å². The Morgan fingerprint density at radius 1 is 0.800 bits per heavy atom. The molecule has 2 aromatic heterocycles. The summed E-state index contributed by atoms with van der Waals surface area (Å²) in [5.41, 5.74) is 6.78. The molecule has 0 saturated heterocycles. The van der Waals surface area contributed by atoms with E-state index in [0.29, 0.717) is 22.3 Å². The molecule has 8 heteroatoms. The number of nitrogens with one attached hydrogen (secondary N) is 4. The predicted molar refractivity (Wildman–Crippen MR) is 141 cm³/mol. The van der Waals surface area contributed by atoms with Crippen LogP contribution in [0.1, 0.15) is 43.2 Å².